The van der Waals surface area contributed by atoms with Crippen molar-refractivity contribution in [3.05, 3.63) is 28.8 Å². The van der Waals surface area contributed by atoms with Crippen molar-refractivity contribution in [2.75, 3.05) is 33.8 Å². The Bertz CT molecular complexity index is 342. The average Bonchev–Trinajstić information content (AvgIpc) is 2.27. The van der Waals surface area contributed by atoms with Gasteiger partial charge in [0.25, 0.3) is 0 Å². The third-order valence-corrected chi connectivity index (χ3v) is 2.76. The van der Waals surface area contributed by atoms with E-state index in [1.54, 1.807) is 0 Å². The van der Waals surface area contributed by atoms with Crippen molar-refractivity contribution in [3.8, 4) is 5.75 Å². The number of rotatable bonds is 7. The van der Waals surface area contributed by atoms with Crippen LogP contribution < -0.4 is 10.5 Å². The first-order valence-electron chi connectivity index (χ1n) is 5.90. The second-order valence-corrected chi connectivity index (χ2v) is 4.68. The lowest BCUT2D eigenvalue weighted by molar-refractivity contribution is 0.279. The molecule has 0 aliphatic rings. The minimum Gasteiger partial charge on any atom is -0.492 e. The molecule has 96 valence electrons. The van der Waals surface area contributed by atoms with Crippen molar-refractivity contribution in [1.29, 1.82) is 0 Å². The molecule has 0 aliphatic carbocycles. The summed E-state index contributed by atoms with van der Waals surface area (Å²) in [4.78, 5) is 2.14. The Kier molecular flexibility index (Phi) is 6.34. The van der Waals surface area contributed by atoms with Crippen molar-refractivity contribution in [2.45, 2.75) is 12.8 Å². The number of benzene rings is 1. The maximum absolute atomic E-state index is 6.13. The largest absolute Gasteiger partial charge is 0.492 e. The molecule has 1 aromatic rings. The van der Waals surface area contributed by atoms with Gasteiger partial charge in [-0.1, -0.05) is 23.7 Å². The Morgan fingerprint density at radius 2 is 2.12 bits per heavy atom. The molecule has 3 nitrogen and oxygen atoms in total. The van der Waals surface area contributed by atoms with E-state index in [0.29, 0.717) is 18.2 Å². The predicted octanol–water partition coefficient (Wildman–Crippen LogP) is 2.17. The molecule has 2 N–H and O–H groups in total. The Balaban J connectivity index is 2.56. The summed E-state index contributed by atoms with van der Waals surface area (Å²) in [7, 11) is 4.10. The summed E-state index contributed by atoms with van der Waals surface area (Å²) in [5.74, 6) is 0.790. The number of nitrogens with zero attached hydrogens (tertiary/aromatic N) is 1. The number of ether oxygens (including phenoxy) is 1. The summed E-state index contributed by atoms with van der Waals surface area (Å²) >= 11 is 6.13. The SMILES string of the molecule is CN(C)CCCOc1c(Cl)cccc1CCN. The van der Waals surface area contributed by atoms with Crippen LogP contribution in [0.2, 0.25) is 5.02 Å². The molecule has 1 rings (SSSR count). The van der Waals surface area contributed by atoms with E-state index in [-0.39, 0.29) is 0 Å². The molecular formula is C13H21ClN2O. The van der Waals surface area contributed by atoms with Crippen LogP contribution in [0.25, 0.3) is 0 Å². The minimum atomic E-state index is 0.606. The van der Waals surface area contributed by atoms with Crippen LogP contribution in [0, 0.1) is 0 Å². The molecule has 0 saturated heterocycles. The molecule has 0 fully saturated rings. The van der Waals surface area contributed by atoms with Gasteiger partial charge in [0.05, 0.1) is 11.6 Å². The van der Waals surface area contributed by atoms with Gasteiger partial charge in [-0.15, -0.1) is 0 Å². The molecule has 0 aromatic heterocycles. The number of nitrogens with two attached hydrogens (primary N) is 1. The lowest BCUT2D eigenvalue weighted by Crippen LogP contribution is -2.16. The topological polar surface area (TPSA) is 38.5 Å². The Labute approximate surface area is 109 Å². The van der Waals surface area contributed by atoms with Crippen molar-refractivity contribution in [1.82, 2.24) is 4.90 Å². The predicted molar refractivity (Wildman–Crippen MR) is 72.9 cm³/mol. The van der Waals surface area contributed by atoms with E-state index in [0.717, 1.165) is 30.7 Å². The van der Waals surface area contributed by atoms with Gasteiger partial charge in [-0.25, -0.2) is 0 Å². The first kappa shape index (κ1) is 14.3. The Hall–Kier alpha value is -0.770. The first-order valence-corrected chi connectivity index (χ1v) is 6.28. The van der Waals surface area contributed by atoms with Crippen LogP contribution in [0.3, 0.4) is 0 Å². The third-order valence-electron chi connectivity index (χ3n) is 2.46. The average molecular weight is 257 g/mol. The molecule has 0 aliphatic heterocycles. The molecule has 0 unspecified atom stereocenters. The lowest BCUT2D eigenvalue weighted by Gasteiger charge is -2.14. The van der Waals surface area contributed by atoms with Gasteiger partial charge in [0, 0.05) is 6.54 Å². The molecule has 0 radical (unpaired) electrons. The van der Waals surface area contributed by atoms with Crippen molar-refractivity contribution in [2.24, 2.45) is 5.73 Å². The molecule has 4 heteroatoms. The summed E-state index contributed by atoms with van der Waals surface area (Å²) in [5.41, 5.74) is 6.66. The summed E-state index contributed by atoms with van der Waals surface area (Å²) in [5, 5.41) is 0.667. The van der Waals surface area contributed by atoms with Gasteiger partial charge >= 0.3 is 0 Å². The number of hydrogen-bond donors (Lipinski definition) is 1. The fourth-order valence-electron chi connectivity index (χ4n) is 1.62. The highest BCUT2D eigenvalue weighted by Gasteiger charge is 2.07. The van der Waals surface area contributed by atoms with Crippen LogP contribution in [0.5, 0.6) is 5.75 Å². The highest BCUT2D eigenvalue weighted by atomic mass is 35.5. The zero-order valence-corrected chi connectivity index (χ0v) is 11.3. The smallest absolute Gasteiger partial charge is 0.141 e. The van der Waals surface area contributed by atoms with Crippen LogP contribution >= 0.6 is 11.6 Å². The minimum absolute atomic E-state index is 0.606. The first-order chi connectivity index (χ1) is 8.15. The summed E-state index contributed by atoms with van der Waals surface area (Å²) in [6.45, 7) is 2.30. The molecule has 0 bridgehead atoms. The molecule has 0 saturated carbocycles. The number of hydrogen-bond acceptors (Lipinski definition) is 3. The van der Waals surface area contributed by atoms with Gasteiger partial charge in [0.2, 0.25) is 0 Å². The fraction of sp³-hybridized carbons (Fsp3) is 0.538. The molecule has 0 amide bonds. The van der Waals surface area contributed by atoms with Gasteiger partial charge in [-0.2, -0.15) is 0 Å². The Morgan fingerprint density at radius 1 is 1.35 bits per heavy atom. The van der Waals surface area contributed by atoms with Crippen molar-refractivity contribution < 1.29 is 4.74 Å². The molecule has 17 heavy (non-hydrogen) atoms. The van der Waals surface area contributed by atoms with Crippen LogP contribution in [0.4, 0.5) is 0 Å². The molecule has 0 spiro atoms. The molecule has 0 atom stereocenters. The summed E-state index contributed by atoms with van der Waals surface area (Å²) in [6, 6.07) is 5.79. The highest BCUT2D eigenvalue weighted by Crippen LogP contribution is 2.28. The van der Waals surface area contributed by atoms with Crippen LogP contribution in [0.1, 0.15) is 12.0 Å². The van der Waals surface area contributed by atoms with E-state index < -0.39 is 0 Å². The third kappa shape index (κ3) is 4.94. The van der Waals surface area contributed by atoms with Gasteiger partial charge in [0.1, 0.15) is 5.75 Å². The van der Waals surface area contributed by atoms with Crippen LogP contribution in [0.15, 0.2) is 18.2 Å². The highest BCUT2D eigenvalue weighted by molar-refractivity contribution is 6.32. The Morgan fingerprint density at radius 3 is 2.76 bits per heavy atom. The van der Waals surface area contributed by atoms with Crippen molar-refractivity contribution >= 4 is 11.6 Å². The number of halogens is 1. The van der Waals surface area contributed by atoms with E-state index in [2.05, 4.69) is 19.0 Å². The standard InChI is InChI=1S/C13H21ClN2O/c1-16(2)9-4-10-17-13-11(7-8-15)5-3-6-12(13)14/h3,5-6H,4,7-10,15H2,1-2H3. The van der Waals surface area contributed by atoms with Crippen molar-refractivity contribution in [3.63, 3.8) is 0 Å². The normalized spacial score (nSPS) is 10.9. The van der Waals surface area contributed by atoms with Gasteiger partial charge in [-0.05, 0) is 45.1 Å². The van der Waals surface area contributed by atoms with E-state index in [4.69, 9.17) is 22.1 Å². The van der Waals surface area contributed by atoms with Gasteiger partial charge in [-0.3, -0.25) is 0 Å². The summed E-state index contributed by atoms with van der Waals surface area (Å²) < 4.78 is 5.76. The second-order valence-electron chi connectivity index (χ2n) is 4.27. The number of para-hydroxylation sites is 1. The summed E-state index contributed by atoms with van der Waals surface area (Å²) in [6.07, 6.45) is 1.78. The molecule has 1 aromatic carbocycles. The van der Waals surface area contributed by atoms with Gasteiger partial charge in [0.15, 0.2) is 0 Å². The molecule has 0 heterocycles. The monoisotopic (exact) mass is 256 g/mol. The zero-order chi connectivity index (χ0) is 12.7. The lowest BCUT2D eigenvalue weighted by atomic mass is 10.1. The maximum atomic E-state index is 6.13. The maximum Gasteiger partial charge on any atom is 0.141 e. The van der Waals surface area contributed by atoms with Crippen LogP contribution in [-0.2, 0) is 6.42 Å². The quantitative estimate of drug-likeness (QED) is 0.760. The fourth-order valence-corrected chi connectivity index (χ4v) is 1.87. The van der Waals surface area contributed by atoms with E-state index in [9.17, 15) is 0 Å². The second kappa shape index (κ2) is 7.54. The van der Waals surface area contributed by atoms with E-state index in [1.807, 2.05) is 18.2 Å². The zero-order valence-electron chi connectivity index (χ0n) is 10.6. The van der Waals surface area contributed by atoms with Gasteiger partial charge < -0.3 is 15.4 Å². The molecular weight excluding hydrogens is 236 g/mol. The van der Waals surface area contributed by atoms with E-state index >= 15 is 0 Å². The van der Waals surface area contributed by atoms with Crippen LogP contribution in [-0.4, -0.2) is 38.7 Å². The van der Waals surface area contributed by atoms with E-state index in [1.165, 1.54) is 0 Å².